The molecule has 1 aromatic heterocycles. The highest BCUT2D eigenvalue weighted by molar-refractivity contribution is 6.29. The van der Waals surface area contributed by atoms with Gasteiger partial charge in [-0.2, -0.15) is 0 Å². The van der Waals surface area contributed by atoms with Crippen LogP contribution >= 0.6 is 11.6 Å². The van der Waals surface area contributed by atoms with Gasteiger partial charge in [0.2, 0.25) is 0 Å². The zero-order valence-corrected chi connectivity index (χ0v) is 12.8. The van der Waals surface area contributed by atoms with Gasteiger partial charge in [0.05, 0.1) is 12.6 Å². The molecule has 0 aliphatic heterocycles. The highest BCUT2D eigenvalue weighted by Crippen LogP contribution is 2.30. The van der Waals surface area contributed by atoms with Crippen LogP contribution in [0.2, 0.25) is 5.15 Å². The molecule has 9 heteroatoms. The fourth-order valence-corrected chi connectivity index (χ4v) is 2.17. The second kappa shape index (κ2) is 7.50. The normalized spacial score (nSPS) is 12.5. The van der Waals surface area contributed by atoms with Gasteiger partial charge in [-0.05, 0) is 18.2 Å². The van der Waals surface area contributed by atoms with Gasteiger partial charge in [-0.15, -0.1) is 13.2 Å². The maximum absolute atomic E-state index is 12.5. The third-order valence-corrected chi connectivity index (χ3v) is 3.20. The quantitative estimate of drug-likeness (QED) is 0.804. The van der Waals surface area contributed by atoms with E-state index in [0.29, 0.717) is 0 Å². The topological polar surface area (TPSA) is 71.5 Å². The van der Waals surface area contributed by atoms with Gasteiger partial charge in [0.1, 0.15) is 10.9 Å². The number of hydrogen-bond acceptors (Lipinski definition) is 4. The van der Waals surface area contributed by atoms with Crippen molar-refractivity contribution in [3.05, 3.63) is 58.9 Å². The zero-order chi connectivity index (χ0) is 17.7. The highest BCUT2D eigenvalue weighted by Gasteiger charge is 2.33. The summed E-state index contributed by atoms with van der Waals surface area (Å²) in [6.45, 7) is -0.622. The van der Waals surface area contributed by atoms with Crippen molar-refractivity contribution in [3.63, 3.8) is 0 Å². The van der Waals surface area contributed by atoms with E-state index in [1.165, 1.54) is 36.5 Å². The Balaban J connectivity index is 2.24. The third-order valence-electron chi connectivity index (χ3n) is 3.00. The van der Waals surface area contributed by atoms with Crippen LogP contribution in [0.4, 0.5) is 13.2 Å². The number of nitrogens with one attached hydrogen (secondary N) is 1. The molecule has 0 saturated carbocycles. The molecule has 2 rings (SSSR count). The third kappa shape index (κ3) is 4.84. The smallest absolute Gasteiger partial charge is 0.405 e. The number of aliphatic hydroxyl groups excluding tert-OH is 1. The summed E-state index contributed by atoms with van der Waals surface area (Å²) >= 11 is 5.69. The molecule has 0 aliphatic rings. The Labute approximate surface area is 140 Å². The van der Waals surface area contributed by atoms with Crippen LogP contribution in [0.1, 0.15) is 22.0 Å². The number of benzene rings is 1. The Morgan fingerprint density at radius 2 is 2.04 bits per heavy atom. The number of nitrogens with zero attached hydrogens (tertiary/aromatic N) is 1. The summed E-state index contributed by atoms with van der Waals surface area (Å²) in [7, 11) is 0. The van der Waals surface area contributed by atoms with Crippen molar-refractivity contribution in [2.45, 2.75) is 12.4 Å². The molecular formula is C15H12ClF3N2O3. The SMILES string of the molecule is O=C(NC(CO)c1ccccc1OC(F)(F)F)c1ccnc(Cl)c1. The monoisotopic (exact) mass is 360 g/mol. The maximum atomic E-state index is 12.5. The lowest BCUT2D eigenvalue weighted by molar-refractivity contribution is -0.275. The van der Waals surface area contributed by atoms with E-state index < -0.39 is 30.7 Å². The lowest BCUT2D eigenvalue weighted by Gasteiger charge is -2.20. The van der Waals surface area contributed by atoms with Crippen LogP contribution in [-0.4, -0.2) is 29.0 Å². The van der Waals surface area contributed by atoms with E-state index in [-0.39, 0.29) is 16.3 Å². The molecule has 1 heterocycles. The fourth-order valence-electron chi connectivity index (χ4n) is 1.99. The summed E-state index contributed by atoms with van der Waals surface area (Å²) in [6.07, 6.45) is -3.58. The van der Waals surface area contributed by atoms with Gasteiger partial charge in [0.15, 0.2) is 0 Å². The first-order valence-corrected chi connectivity index (χ1v) is 7.06. The number of carbonyl (C=O) groups excluding carboxylic acids is 1. The van der Waals surface area contributed by atoms with Crippen LogP contribution in [-0.2, 0) is 0 Å². The number of alkyl halides is 3. The largest absolute Gasteiger partial charge is 0.573 e. The maximum Gasteiger partial charge on any atom is 0.573 e. The van der Waals surface area contributed by atoms with Crippen LogP contribution in [0.25, 0.3) is 0 Å². The fraction of sp³-hybridized carbons (Fsp3) is 0.200. The molecule has 0 spiro atoms. The van der Waals surface area contributed by atoms with Gasteiger partial charge >= 0.3 is 6.36 Å². The van der Waals surface area contributed by atoms with Gasteiger partial charge in [-0.3, -0.25) is 4.79 Å². The highest BCUT2D eigenvalue weighted by atomic mass is 35.5. The molecule has 24 heavy (non-hydrogen) atoms. The van der Waals surface area contributed by atoms with E-state index in [2.05, 4.69) is 15.0 Å². The summed E-state index contributed by atoms with van der Waals surface area (Å²) in [5.41, 5.74) is 0.147. The summed E-state index contributed by atoms with van der Waals surface area (Å²) in [6, 6.07) is 6.82. The number of aromatic nitrogens is 1. The molecule has 1 aromatic carbocycles. The van der Waals surface area contributed by atoms with E-state index in [1.54, 1.807) is 0 Å². The molecule has 0 aliphatic carbocycles. The van der Waals surface area contributed by atoms with Gasteiger partial charge in [0.25, 0.3) is 5.91 Å². The van der Waals surface area contributed by atoms with E-state index in [0.717, 1.165) is 6.07 Å². The number of aliphatic hydroxyl groups is 1. The number of pyridine rings is 1. The van der Waals surface area contributed by atoms with Gasteiger partial charge in [0, 0.05) is 17.3 Å². The van der Waals surface area contributed by atoms with Gasteiger partial charge in [-0.1, -0.05) is 29.8 Å². The van der Waals surface area contributed by atoms with Gasteiger partial charge < -0.3 is 15.2 Å². The van der Waals surface area contributed by atoms with Crippen molar-refractivity contribution in [3.8, 4) is 5.75 Å². The van der Waals surface area contributed by atoms with Crippen molar-refractivity contribution in [1.82, 2.24) is 10.3 Å². The Hall–Kier alpha value is -2.32. The summed E-state index contributed by atoms with van der Waals surface area (Å²) in [5, 5.41) is 12.0. The van der Waals surface area contributed by atoms with Crippen molar-refractivity contribution in [2.24, 2.45) is 0 Å². The first-order chi connectivity index (χ1) is 11.3. The molecule has 0 bridgehead atoms. The minimum atomic E-state index is -4.89. The number of amides is 1. The number of rotatable bonds is 5. The van der Waals surface area contributed by atoms with Crippen LogP contribution in [0.5, 0.6) is 5.75 Å². The first kappa shape index (κ1) is 18.0. The minimum Gasteiger partial charge on any atom is -0.405 e. The molecule has 1 amide bonds. The Kier molecular flexibility index (Phi) is 5.63. The van der Waals surface area contributed by atoms with Crippen LogP contribution < -0.4 is 10.1 Å². The Morgan fingerprint density at radius 3 is 2.67 bits per heavy atom. The second-order valence-electron chi connectivity index (χ2n) is 4.66. The molecule has 5 nitrogen and oxygen atoms in total. The van der Waals surface area contributed by atoms with Crippen LogP contribution in [0.15, 0.2) is 42.6 Å². The molecule has 0 saturated heterocycles. The van der Waals surface area contributed by atoms with E-state index in [4.69, 9.17) is 11.6 Å². The average Bonchev–Trinajstić information content (AvgIpc) is 2.51. The molecule has 0 fully saturated rings. The van der Waals surface area contributed by atoms with E-state index in [9.17, 15) is 23.1 Å². The molecule has 1 unspecified atom stereocenters. The molecular weight excluding hydrogens is 349 g/mol. The predicted octanol–water partition coefficient (Wildman–Crippen LogP) is 3.10. The number of carbonyl (C=O) groups is 1. The molecule has 1 atom stereocenters. The summed E-state index contributed by atoms with van der Waals surface area (Å²) < 4.78 is 41.3. The number of hydrogen-bond donors (Lipinski definition) is 2. The average molecular weight is 361 g/mol. The van der Waals surface area contributed by atoms with Crippen LogP contribution in [0, 0.1) is 0 Å². The van der Waals surface area contributed by atoms with Crippen molar-refractivity contribution >= 4 is 17.5 Å². The Morgan fingerprint density at radius 1 is 1.33 bits per heavy atom. The standard InChI is InChI=1S/C15H12ClF3N2O3/c16-13-7-9(5-6-20-13)14(23)21-11(8-22)10-3-1-2-4-12(10)24-15(17,18)19/h1-7,11,22H,8H2,(H,21,23). The van der Waals surface area contributed by atoms with Crippen molar-refractivity contribution in [1.29, 1.82) is 0 Å². The molecule has 128 valence electrons. The Bertz CT molecular complexity index is 725. The van der Waals surface area contributed by atoms with Crippen LogP contribution in [0.3, 0.4) is 0 Å². The van der Waals surface area contributed by atoms with Crippen molar-refractivity contribution < 1.29 is 27.8 Å². The predicted molar refractivity (Wildman–Crippen MR) is 79.7 cm³/mol. The number of para-hydroxylation sites is 1. The minimum absolute atomic E-state index is 0.00849. The number of halogens is 4. The van der Waals surface area contributed by atoms with E-state index >= 15 is 0 Å². The van der Waals surface area contributed by atoms with Crippen molar-refractivity contribution in [2.75, 3.05) is 6.61 Å². The van der Waals surface area contributed by atoms with E-state index in [1.807, 2.05) is 0 Å². The molecule has 0 radical (unpaired) electrons. The second-order valence-corrected chi connectivity index (χ2v) is 5.05. The zero-order valence-electron chi connectivity index (χ0n) is 12.0. The summed E-state index contributed by atoms with van der Waals surface area (Å²) in [5.74, 6) is -1.13. The first-order valence-electron chi connectivity index (χ1n) is 6.68. The summed E-state index contributed by atoms with van der Waals surface area (Å²) in [4.78, 5) is 15.9. The lowest BCUT2D eigenvalue weighted by atomic mass is 10.1. The molecule has 2 N–H and O–H groups in total. The number of ether oxygens (including phenoxy) is 1. The lowest BCUT2D eigenvalue weighted by Crippen LogP contribution is -2.31. The van der Waals surface area contributed by atoms with Gasteiger partial charge in [-0.25, -0.2) is 4.98 Å². The molecule has 2 aromatic rings.